The molecule has 2 amide bonds. The molecule has 1 aliphatic heterocycles. The summed E-state index contributed by atoms with van der Waals surface area (Å²) in [5, 5.41) is 8.42. The Hall–Kier alpha value is -3.40. The second-order valence-electron chi connectivity index (χ2n) is 6.37. The number of amides is 2. The predicted molar refractivity (Wildman–Crippen MR) is 109 cm³/mol. The zero-order valence-electron chi connectivity index (χ0n) is 16.6. The molecular weight excluding hydrogens is 395 g/mol. The van der Waals surface area contributed by atoms with Gasteiger partial charge in [-0.2, -0.15) is 0 Å². The van der Waals surface area contributed by atoms with Crippen LogP contribution in [-0.4, -0.2) is 59.0 Å². The van der Waals surface area contributed by atoms with Gasteiger partial charge in [0.05, 0.1) is 22.8 Å². The highest BCUT2D eigenvalue weighted by molar-refractivity contribution is 6.21. The maximum absolute atomic E-state index is 13.0. The van der Waals surface area contributed by atoms with Crippen molar-refractivity contribution in [2.75, 3.05) is 13.1 Å². The van der Waals surface area contributed by atoms with E-state index in [2.05, 4.69) is 4.99 Å². The number of amidine groups is 1. The largest absolute Gasteiger partial charge is 0.480 e. The molecule has 0 radical (unpaired) electrons. The van der Waals surface area contributed by atoms with Gasteiger partial charge >= 0.3 is 5.97 Å². The van der Waals surface area contributed by atoms with E-state index in [0.717, 1.165) is 4.90 Å². The van der Waals surface area contributed by atoms with Gasteiger partial charge in [-0.3, -0.25) is 24.3 Å². The van der Waals surface area contributed by atoms with Gasteiger partial charge < -0.3 is 21.4 Å². The number of nitrogens with zero attached hydrogens (tertiary/aromatic N) is 2. The number of rotatable bonds is 9. The second-order valence-corrected chi connectivity index (χ2v) is 6.37. The lowest BCUT2D eigenvalue weighted by Crippen LogP contribution is -2.30. The average molecular weight is 420 g/mol. The highest BCUT2D eigenvalue weighted by Gasteiger charge is 2.34. The van der Waals surface area contributed by atoms with Gasteiger partial charge in [-0.25, -0.2) is 4.39 Å². The third-order valence-electron chi connectivity index (χ3n) is 3.94. The first-order valence-electron chi connectivity index (χ1n) is 9.17. The number of nitrogens with two attached hydrogens (primary N) is 2. The smallest absolute Gasteiger partial charge is 0.320 e. The number of imide groups is 1. The number of benzene rings is 1. The lowest BCUT2D eigenvalue weighted by Gasteiger charge is -2.10. The molecule has 1 aromatic carbocycles. The van der Waals surface area contributed by atoms with Crippen molar-refractivity contribution in [1.29, 1.82) is 0 Å². The van der Waals surface area contributed by atoms with Crippen molar-refractivity contribution < 1.29 is 28.7 Å². The Morgan fingerprint density at radius 3 is 2.27 bits per heavy atom. The molecule has 0 aromatic heterocycles. The number of fused-ring (bicyclic) bond motifs is 1. The quantitative estimate of drug-likeness (QED) is 0.179. The lowest BCUT2D eigenvalue weighted by atomic mass is 10.1. The van der Waals surface area contributed by atoms with Crippen molar-refractivity contribution in [3.63, 3.8) is 0 Å². The first kappa shape index (κ1) is 24.6. The van der Waals surface area contributed by atoms with Gasteiger partial charge in [0.2, 0.25) is 0 Å². The predicted octanol–water partition coefficient (Wildman–Crippen LogP) is 1.28. The van der Waals surface area contributed by atoms with Crippen LogP contribution in [0.5, 0.6) is 0 Å². The fraction of sp³-hybridized carbons (Fsp3) is 0.350. The molecule has 0 spiro atoms. The molecule has 0 saturated carbocycles. The molecule has 2 rings (SSSR count). The highest BCUT2D eigenvalue weighted by Crippen LogP contribution is 2.22. The number of carbonyl (C=O) groups excluding carboxylic acids is 3. The summed E-state index contributed by atoms with van der Waals surface area (Å²) in [5.41, 5.74) is 11.3. The minimum atomic E-state index is -1.21. The molecule has 1 aliphatic rings. The standard InChI is InChI=1S/C11H9NO3.C9H16FN3O2/c13-7-3-6-12-10(14)8-4-1-2-5-9(8)11(12)15;1-6(11)13-4-2-3-7(10)5-8(12)9(14)15/h1-2,4-5,7H,3,6H2;3,8H,2,4-5,12H2,1H3,(H2,11,13)(H,14,15)/b;7-3-/t;8-/m.0/s1. The van der Waals surface area contributed by atoms with Crippen LogP contribution in [0.25, 0.3) is 0 Å². The van der Waals surface area contributed by atoms with Gasteiger partial charge in [0, 0.05) is 25.9 Å². The Bertz CT molecular complexity index is 814. The van der Waals surface area contributed by atoms with E-state index in [4.69, 9.17) is 16.6 Å². The average Bonchev–Trinajstić information content (AvgIpc) is 2.94. The summed E-state index contributed by atoms with van der Waals surface area (Å²) < 4.78 is 13.0. The number of aliphatic imine (C=N–C) groups is 1. The molecular formula is C20H25FN4O5. The van der Waals surface area contributed by atoms with E-state index in [1.165, 1.54) is 6.08 Å². The topological polar surface area (TPSA) is 156 Å². The molecule has 1 heterocycles. The number of hydrogen-bond donors (Lipinski definition) is 3. The van der Waals surface area contributed by atoms with E-state index in [9.17, 15) is 23.6 Å². The first-order valence-corrected chi connectivity index (χ1v) is 9.17. The molecule has 1 atom stereocenters. The van der Waals surface area contributed by atoms with Gasteiger partial charge in [-0.15, -0.1) is 0 Å². The van der Waals surface area contributed by atoms with Gasteiger partial charge in [0.25, 0.3) is 11.8 Å². The van der Waals surface area contributed by atoms with Gasteiger partial charge in [0.1, 0.15) is 12.3 Å². The Labute approximate surface area is 173 Å². The number of carboxylic acids is 1. The SMILES string of the molecule is CC(N)=NCC/C=C(\F)C[C@H](N)C(=O)O.O=CCCN1C(=O)c2ccccc2C1=O. The second kappa shape index (κ2) is 12.2. The monoisotopic (exact) mass is 420 g/mol. The van der Waals surface area contributed by atoms with E-state index in [1.807, 2.05) is 0 Å². The van der Waals surface area contributed by atoms with E-state index in [1.54, 1.807) is 31.2 Å². The minimum Gasteiger partial charge on any atom is -0.480 e. The van der Waals surface area contributed by atoms with Crippen LogP contribution in [-0.2, 0) is 9.59 Å². The van der Waals surface area contributed by atoms with Gasteiger partial charge in [0.15, 0.2) is 0 Å². The highest BCUT2D eigenvalue weighted by atomic mass is 19.1. The van der Waals surface area contributed by atoms with E-state index >= 15 is 0 Å². The van der Waals surface area contributed by atoms with Crippen LogP contribution in [0.4, 0.5) is 4.39 Å². The van der Waals surface area contributed by atoms with Crippen LogP contribution in [0.15, 0.2) is 41.2 Å². The number of carboxylic acid groups (broad SMARTS) is 1. The number of aliphatic carboxylic acids is 1. The Balaban J connectivity index is 0.000000300. The van der Waals surface area contributed by atoms with E-state index < -0.39 is 17.8 Å². The summed E-state index contributed by atoms with van der Waals surface area (Å²) in [7, 11) is 0. The third-order valence-corrected chi connectivity index (χ3v) is 3.94. The van der Waals surface area contributed by atoms with Crippen molar-refractivity contribution in [2.45, 2.75) is 32.2 Å². The van der Waals surface area contributed by atoms with Crippen LogP contribution >= 0.6 is 0 Å². The molecule has 9 nitrogen and oxygen atoms in total. The van der Waals surface area contributed by atoms with E-state index in [-0.39, 0.29) is 31.2 Å². The molecule has 5 N–H and O–H groups in total. The summed E-state index contributed by atoms with van der Waals surface area (Å²) in [6, 6.07) is 5.48. The number of carbonyl (C=O) groups is 4. The molecule has 0 fully saturated rings. The zero-order chi connectivity index (χ0) is 22.7. The molecule has 1 aromatic rings. The van der Waals surface area contributed by atoms with Gasteiger partial charge in [-0.1, -0.05) is 18.2 Å². The minimum absolute atomic E-state index is 0.163. The van der Waals surface area contributed by atoms with Crippen molar-refractivity contribution in [2.24, 2.45) is 16.5 Å². The van der Waals surface area contributed by atoms with Crippen LogP contribution in [0, 0.1) is 0 Å². The number of hydrogen-bond acceptors (Lipinski definition) is 6. The Morgan fingerprint density at radius 2 is 1.80 bits per heavy atom. The summed E-state index contributed by atoms with van der Waals surface area (Å²) >= 11 is 0. The fourth-order valence-electron chi connectivity index (χ4n) is 2.47. The Morgan fingerprint density at radius 1 is 1.23 bits per heavy atom. The number of halogens is 1. The van der Waals surface area contributed by atoms with E-state index in [0.29, 0.717) is 36.2 Å². The molecule has 30 heavy (non-hydrogen) atoms. The molecule has 0 saturated heterocycles. The lowest BCUT2D eigenvalue weighted by molar-refractivity contribution is -0.138. The Kier molecular flexibility index (Phi) is 10.0. The maximum Gasteiger partial charge on any atom is 0.320 e. The van der Waals surface area contributed by atoms with Crippen molar-refractivity contribution in [3.05, 3.63) is 47.3 Å². The third kappa shape index (κ3) is 7.55. The van der Waals surface area contributed by atoms with Gasteiger partial charge in [-0.05, 0) is 25.5 Å². The van der Waals surface area contributed by atoms with Crippen LogP contribution in [0.3, 0.4) is 0 Å². The van der Waals surface area contributed by atoms with Crippen molar-refractivity contribution >= 4 is 29.9 Å². The normalized spacial score (nSPS) is 14.7. The summed E-state index contributed by atoms with van der Waals surface area (Å²) in [5.74, 6) is -1.93. The van der Waals surface area contributed by atoms with Crippen LogP contribution in [0.2, 0.25) is 0 Å². The molecule has 0 unspecified atom stereocenters. The summed E-state index contributed by atoms with van der Waals surface area (Å²) in [4.78, 5) is 48.9. The molecule has 0 aliphatic carbocycles. The molecule has 10 heteroatoms. The van der Waals surface area contributed by atoms with Crippen LogP contribution < -0.4 is 11.5 Å². The first-order chi connectivity index (χ1) is 14.2. The van der Waals surface area contributed by atoms with Crippen molar-refractivity contribution in [1.82, 2.24) is 4.90 Å². The zero-order valence-corrected chi connectivity index (χ0v) is 16.6. The molecule has 162 valence electrons. The number of aldehydes is 1. The summed E-state index contributed by atoms with van der Waals surface area (Å²) in [6.07, 6.45) is 2.25. The summed E-state index contributed by atoms with van der Waals surface area (Å²) in [6.45, 7) is 2.19. The van der Waals surface area contributed by atoms with Crippen LogP contribution in [0.1, 0.15) is 46.9 Å². The molecule has 0 bridgehead atoms. The van der Waals surface area contributed by atoms with Crippen molar-refractivity contribution in [3.8, 4) is 0 Å². The fourth-order valence-corrected chi connectivity index (χ4v) is 2.47. The maximum atomic E-state index is 13.0.